The number of rotatable bonds is 5. The van der Waals surface area contributed by atoms with E-state index in [0.717, 1.165) is 0 Å². The van der Waals surface area contributed by atoms with Crippen LogP contribution in [0.1, 0.15) is 49.4 Å². The minimum atomic E-state index is -0.0872. The van der Waals surface area contributed by atoms with Crippen molar-refractivity contribution in [2.24, 2.45) is 11.8 Å². The number of piperidine rings is 1. The summed E-state index contributed by atoms with van der Waals surface area (Å²) in [5.41, 5.74) is 1.59. The van der Waals surface area contributed by atoms with Gasteiger partial charge in [0.1, 0.15) is 5.51 Å². The molecule has 1 saturated heterocycles. The Labute approximate surface area is 172 Å². The van der Waals surface area contributed by atoms with E-state index >= 15 is 0 Å². The number of nitrogens with one attached hydrogen (secondary N) is 2. The Hall–Kier alpha value is -2.00. The SMILES string of the molecule is O=C(Nc1nncs1)C1CCN(C(=O)NC(c2cccs2)C2CCCC2)CC1. The second-order valence-corrected chi connectivity index (χ2v) is 9.29. The first kappa shape index (κ1) is 19.3. The highest BCUT2D eigenvalue weighted by Gasteiger charge is 2.32. The Morgan fingerprint density at radius 1 is 1.14 bits per heavy atom. The van der Waals surface area contributed by atoms with Crippen LogP contribution in [0.5, 0.6) is 0 Å². The lowest BCUT2D eigenvalue weighted by Crippen LogP contribution is -2.47. The molecular formula is C19H25N5O2S2. The van der Waals surface area contributed by atoms with Crippen molar-refractivity contribution in [3.8, 4) is 0 Å². The molecule has 2 fully saturated rings. The smallest absolute Gasteiger partial charge is 0.317 e. The standard InChI is InChI=1S/C19H25N5O2S2/c25-17(22-18-23-20-12-28-18)14-7-9-24(10-8-14)19(26)21-16(13-4-1-2-5-13)15-6-3-11-27-15/h3,6,11-14,16H,1-2,4-5,7-10H2,(H,21,26)(H,22,23,25). The molecule has 0 radical (unpaired) electrons. The second-order valence-electron chi connectivity index (χ2n) is 7.48. The van der Waals surface area contributed by atoms with Gasteiger partial charge in [0.05, 0.1) is 6.04 Å². The van der Waals surface area contributed by atoms with Gasteiger partial charge >= 0.3 is 6.03 Å². The van der Waals surface area contributed by atoms with Crippen molar-refractivity contribution in [1.82, 2.24) is 20.4 Å². The fourth-order valence-corrected chi connectivity index (χ4v) is 5.50. The van der Waals surface area contributed by atoms with Crippen molar-refractivity contribution < 1.29 is 9.59 Å². The van der Waals surface area contributed by atoms with E-state index in [0.29, 0.717) is 37.0 Å². The molecular weight excluding hydrogens is 394 g/mol. The van der Waals surface area contributed by atoms with E-state index in [-0.39, 0.29) is 23.9 Å². The van der Waals surface area contributed by atoms with Crippen LogP contribution in [-0.4, -0.2) is 40.1 Å². The van der Waals surface area contributed by atoms with Crippen molar-refractivity contribution in [3.63, 3.8) is 0 Å². The van der Waals surface area contributed by atoms with Gasteiger partial charge in [0, 0.05) is 23.9 Å². The predicted molar refractivity (Wildman–Crippen MR) is 110 cm³/mol. The molecule has 1 aliphatic heterocycles. The molecule has 1 saturated carbocycles. The van der Waals surface area contributed by atoms with Crippen LogP contribution >= 0.6 is 22.7 Å². The van der Waals surface area contributed by atoms with Crippen molar-refractivity contribution in [1.29, 1.82) is 0 Å². The average molecular weight is 420 g/mol. The van der Waals surface area contributed by atoms with Gasteiger partial charge in [-0.15, -0.1) is 21.5 Å². The highest BCUT2D eigenvalue weighted by atomic mass is 32.1. The molecule has 4 rings (SSSR count). The van der Waals surface area contributed by atoms with Crippen LogP contribution < -0.4 is 10.6 Å². The van der Waals surface area contributed by atoms with Gasteiger partial charge in [0.15, 0.2) is 0 Å². The first-order chi connectivity index (χ1) is 13.7. The highest BCUT2D eigenvalue weighted by molar-refractivity contribution is 7.13. The third-order valence-corrected chi connectivity index (χ3v) is 7.31. The number of hydrogen-bond acceptors (Lipinski definition) is 6. The van der Waals surface area contributed by atoms with Crippen LogP contribution in [0.25, 0.3) is 0 Å². The number of carbonyl (C=O) groups is 2. The van der Waals surface area contributed by atoms with E-state index in [9.17, 15) is 9.59 Å². The topological polar surface area (TPSA) is 87.2 Å². The quantitative estimate of drug-likeness (QED) is 0.770. The summed E-state index contributed by atoms with van der Waals surface area (Å²) in [6.07, 6.45) is 6.19. The Morgan fingerprint density at radius 3 is 2.57 bits per heavy atom. The summed E-state index contributed by atoms with van der Waals surface area (Å²) >= 11 is 3.03. The molecule has 7 nitrogen and oxygen atoms in total. The van der Waals surface area contributed by atoms with E-state index in [1.165, 1.54) is 41.9 Å². The van der Waals surface area contributed by atoms with Crippen LogP contribution in [0.4, 0.5) is 9.93 Å². The molecule has 0 spiro atoms. The second kappa shape index (κ2) is 9.00. The zero-order chi connectivity index (χ0) is 19.3. The molecule has 150 valence electrons. The minimum absolute atomic E-state index is 0.00622. The van der Waals surface area contributed by atoms with Gasteiger partial charge in [-0.1, -0.05) is 30.2 Å². The summed E-state index contributed by atoms with van der Waals surface area (Å²) in [6.45, 7) is 1.20. The van der Waals surface area contributed by atoms with Crippen molar-refractivity contribution in [2.75, 3.05) is 18.4 Å². The fraction of sp³-hybridized carbons (Fsp3) is 0.579. The molecule has 3 heterocycles. The van der Waals surface area contributed by atoms with Crippen LogP contribution in [0.15, 0.2) is 23.0 Å². The van der Waals surface area contributed by atoms with Crippen LogP contribution in [0, 0.1) is 11.8 Å². The number of urea groups is 1. The van der Waals surface area contributed by atoms with E-state index in [1.54, 1.807) is 16.8 Å². The Balaban J connectivity index is 1.31. The molecule has 9 heteroatoms. The van der Waals surface area contributed by atoms with E-state index in [1.807, 2.05) is 4.90 Å². The fourth-order valence-electron chi connectivity index (χ4n) is 4.18. The van der Waals surface area contributed by atoms with Crippen molar-refractivity contribution in [3.05, 3.63) is 27.9 Å². The number of aromatic nitrogens is 2. The first-order valence-corrected chi connectivity index (χ1v) is 11.6. The monoisotopic (exact) mass is 419 g/mol. The van der Waals surface area contributed by atoms with Crippen LogP contribution in [0.3, 0.4) is 0 Å². The van der Waals surface area contributed by atoms with Crippen LogP contribution in [0.2, 0.25) is 0 Å². The highest BCUT2D eigenvalue weighted by Crippen LogP contribution is 2.37. The molecule has 1 aliphatic carbocycles. The van der Waals surface area contributed by atoms with E-state index in [4.69, 9.17) is 0 Å². The molecule has 2 aliphatic rings. The predicted octanol–water partition coefficient (Wildman–Crippen LogP) is 3.89. The first-order valence-electron chi connectivity index (χ1n) is 9.86. The number of anilines is 1. The molecule has 2 aromatic heterocycles. The van der Waals surface area contributed by atoms with Gasteiger partial charge < -0.3 is 15.5 Å². The number of amides is 3. The Morgan fingerprint density at radius 2 is 1.93 bits per heavy atom. The normalized spacial score (nSPS) is 19.5. The molecule has 2 aromatic rings. The van der Waals surface area contributed by atoms with Gasteiger partial charge in [-0.3, -0.25) is 4.79 Å². The zero-order valence-electron chi connectivity index (χ0n) is 15.7. The number of likely N-dealkylation sites (tertiary alicyclic amines) is 1. The summed E-state index contributed by atoms with van der Waals surface area (Å²) in [4.78, 5) is 28.3. The molecule has 28 heavy (non-hydrogen) atoms. The third kappa shape index (κ3) is 4.52. The molecule has 3 amide bonds. The third-order valence-electron chi connectivity index (χ3n) is 5.74. The van der Waals surface area contributed by atoms with Crippen molar-refractivity contribution in [2.45, 2.75) is 44.6 Å². The van der Waals surface area contributed by atoms with Gasteiger partial charge in [0.25, 0.3) is 0 Å². The lowest BCUT2D eigenvalue weighted by atomic mass is 9.95. The molecule has 1 atom stereocenters. The van der Waals surface area contributed by atoms with Crippen molar-refractivity contribution >= 4 is 39.7 Å². The number of thiophene rings is 1. The number of carbonyl (C=O) groups excluding carboxylic acids is 2. The van der Waals surface area contributed by atoms with E-state index < -0.39 is 0 Å². The maximum absolute atomic E-state index is 12.9. The lowest BCUT2D eigenvalue weighted by molar-refractivity contribution is -0.121. The van der Waals surface area contributed by atoms with Gasteiger partial charge in [0.2, 0.25) is 11.0 Å². The zero-order valence-corrected chi connectivity index (χ0v) is 17.3. The van der Waals surface area contributed by atoms with Gasteiger partial charge in [-0.2, -0.15) is 0 Å². The van der Waals surface area contributed by atoms with Gasteiger partial charge in [-0.05, 0) is 43.0 Å². The summed E-state index contributed by atoms with van der Waals surface area (Å²) < 4.78 is 0. The maximum atomic E-state index is 12.9. The number of nitrogens with zero attached hydrogens (tertiary/aromatic N) is 3. The Kier molecular flexibility index (Phi) is 6.21. The Bertz CT molecular complexity index is 766. The summed E-state index contributed by atoms with van der Waals surface area (Å²) in [6, 6.07) is 4.27. The molecule has 0 bridgehead atoms. The molecule has 1 unspecified atom stereocenters. The summed E-state index contributed by atoms with van der Waals surface area (Å²) in [5.74, 6) is 0.410. The summed E-state index contributed by atoms with van der Waals surface area (Å²) in [5, 5.41) is 16.3. The largest absolute Gasteiger partial charge is 0.330 e. The molecule has 0 aromatic carbocycles. The van der Waals surface area contributed by atoms with Crippen LogP contribution in [-0.2, 0) is 4.79 Å². The molecule has 2 N–H and O–H groups in total. The summed E-state index contributed by atoms with van der Waals surface area (Å²) in [7, 11) is 0. The van der Waals surface area contributed by atoms with E-state index in [2.05, 4.69) is 38.3 Å². The minimum Gasteiger partial charge on any atom is -0.330 e. The lowest BCUT2D eigenvalue weighted by Gasteiger charge is -2.33. The average Bonchev–Trinajstić information content (AvgIpc) is 3.49. The van der Waals surface area contributed by atoms with Gasteiger partial charge in [-0.25, -0.2) is 4.79 Å². The maximum Gasteiger partial charge on any atom is 0.317 e. The number of hydrogen-bond donors (Lipinski definition) is 2.